The normalized spacial score (nSPS) is 11.0. The standard InChI is InChI=1S/C24H19O4P/c1-19(21-17-16-20-10-8-9-11-22(20)18-21)26-29(25,27-23-12-4-2-5-13-23)28-24-14-6-3-7-15-24/h2-18H,1H2. The maximum Gasteiger partial charge on any atom is 0.647 e. The molecule has 0 fully saturated rings. The van der Waals surface area contributed by atoms with Crippen molar-refractivity contribution in [3.63, 3.8) is 0 Å². The van der Waals surface area contributed by atoms with Gasteiger partial charge in [0.25, 0.3) is 0 Å². The van der Waals surface area contributed by atoms with E-state index in [1.807, 2.05) is 54.6 Å². The third-order valence-corrected chi connectivity index (χ3v) is 5.53. The van der Waals surface area contributed by atoms with Gasteiger partial charge in [0, 0.05) is 5.56 Å². The molecule has 0 aliphatic carbocycles. The average molecular weight is 402 g/mol. The SMILES string of the molecule is C=C(OP(=O)(Oc1ccccc1)Oc1ccccc1)c1ccc2ccccc2c1. The highest BCUT2D eigenvalue weighted by Crippen LogP contribution is 2.52. The van der Waals surface area contributed by atoms with E-state index in [1.165, 1.54) is 0 Å². The Bertz CT molecular complexity index is 1130. The van der Waals surface area contributed by atoms with Crippen LogP contribution in [0.2, 0.25) is 0 Å². The van der Waals surface area contributed by atoms with E-state index >= 15 is 0 Å². The number of hydrogen-bond acceptors (Lipinski definition) is 4. The predicted molar refractivity (Wildman–Crippen MR) is 116 cm³/mol. The summed E-state index contributed by atoms with van der Waals surface area (Å²) in [7, 11) is -4.04. The smallest absolute Gasteiger partial charge is 0.386 e. The Labute approximate surface area is 169 Å². The molecule has 4 nitrogen and oxygen atoms in total. The van der Waals surface area contributed by atoms with Gasteiger partial charge in [-0.3, -0.25) is 0 Å². The van der Waals surface area contributed by atoms with E-state index in [4.69, 9.17) is 13.6 Å². The number of para-hydroxylation sites is 2. The molecule has 0 bridgehead atoms. The first-order valence-corrected chi connectivity index (χ1v) is 10.5. The number of hydrogen-bond donors (Lipinski definition) is 0. The quantitative estimate of drug-likeness (QED) is 0.244. The summed E-state index contributed by atoms with van der Waals surface area (Å²) >= 11 is 0. The number of rotatable bonds is 7. The fourth-order valence-electron chi connectivity index (χ4n) is 2.83. The van der Waals surface area contributed by atoms with Gasteiger partial charge in [-0.05, 0) is 41.1 Å². The molecule has 29 heavy (non-hydrogen) atoms. The second kappa shape index (κ2) is 8.26. The summed E-state index contributed by atoms with van der Waals surface area (Å²) in [6, 6.07) is 31.2. The number of benzene rings is 4. The van der Waals surface area contributed by atoms with Crippen LogP contribution in [0.4, 0.5) is 0 Å². The van der Waals surface area contributed by atoms with Crippen LogP contribution in [0.3, 0.4) is 0 Å². The Morgan fingerprint density at radius 2 is 1.17 bits per heavy atom. The van der Waals surface area contributed by atoms with Crippen molar-refractivity contribution in [2.75, 3.05) is 0 Å². The lowest BCUT2D eigenvalue weighted by atomic mass is 10.1. The minimum Gasteiger partial charge on any atom is -0.386 e. The van der Waals surface area contributed by atoms with Crippen LogP contribution in [0.15, 0.2) is 110 Å². The van der Waals surface area contributed by atoms with Crippen molar-refractivity contribution in [3.05, 3.63) is 115 Å². The first-order valence-electron chi connectivity index (χ1n) is 9.08. The van der Waals surface area contributed by atoms with Crippen LogP contribution in [-0.4, -0.2) is 0 Å². The van der Waals surface area contributed by atoms with Crippen molar-refractivity contribution in [1.82, 2.24) is 0 Å². The summed E-state index contributed by atoms with van der Waals surface area (Å²) in [6.45, 7) is 3.95. The molecule has 0 aliphatic heterocycles. The lowest BCUT2D eigenvalue weighted by molar-refractivity contribution is 0.285. The van der Waals surface area contributed by atoms with E-state index in [1.54, 1.807) is 48.5 Å². The van der Waals surface area contributed by atoms with E-state index in [0.717, 1.165) is 10.8 Å². The van der Waals surface area contributed by atoms with E-state index in [9.17, 15) is 4.57 Å². The first-order chi connectivity index (χ1) is 14.1. The summed E-state index contributed by atoms with van der Waals surface area (Å²) in [5.74, 6) is 0.946. The summed E-state index contributed by atoms with van der Waals surface area (Å²) in [5.41, 5.74) is 0.692. The first kappa shape index (κ1) is 18.9. The highest BCUT2D eigenvalue weighted by molar-refractivity contribution is 7.49. The molecule has 0 unspecified atom stereocenters. The maximum absolute atomic E-state index is 13.5. The molecule has 0 spiro atoms. The Morgan fingerprint density at radius 3 is 1.76 bits per heavy atom. The zero-order valence-electron chi connectivity index (χ0n) is 15.6. The van der Waals surface area contributed by atoms with Crippen LogP contribution < -0.4 is 9.05 Å². The number of fused-ring (bicyclic) bond motifs is 1. The van der Waals surface area contributed by atoms with Crippen molar-refractivity contribution in [2.24, 2.45) is 0 Å². The van der Waals surface area contributed by atoms with Crippen LogP contribution in [0, 0.1) is 0 Å². The van der Waals surface area contributed by atoms with E-state index in [0.29, 0.717) is 17.1 Å². The second-order valence-corrected chi connectivity index (χ2v) is 7.77. The van der Waals surface area contributed by atoms with E-state index in [2.05, 4.69) is 6.58 Å². The van der Waals surface area contributed by atoms with Crippen molar-refractivity contribution in [2.45, 2.75) is 0 Å². The largest absolute Gasteiger partial charge is 0.647 e. The van der Waals surface area contributed by atoms with Gasteiger partial charge in [0.15, 0.2) is 0 Å². The van der Waals surface area contributed by atoms with Crippen molar-refractivity contribution in [3.8, 4) is 11.5 Å². The monoisotopic (exact) mass is 402 g/mol. The molecule has 0 aliphatic rings. The molecule has 0 atom stereocenters. The van der Waals surface area contributed by atoms with Gasteiger partial charge in [0.1, 0.15) is 17.3 Å². The molecule has 144 valence electrons. The Hall–Kier alpha value is -3.49. The molecular formula is C24H19O4P. The number of phosphoric ester groups is 1. The molecule has 5 heteroatoms. The topological polar surface area (TPSA) is 44.8 Å². The molecule has 4 aromatic rings. The third-order valence-electron chi connectivity index (χ3n) is 4.21. The molecule has 0 N–H and O–H groups in total. The van der Waals surface area contributed by atoms with Crippen molar-refractivity contribution < 1.29 is 18.1 Å². The molecule has 0 heterocycles. The molecule has 0 aromatic heterocycles. The van der Waals surface area contributed by atoms with Crippen LogP contribution in [-0.2, 0) is 9.09 Å². The van der Waals surface area contributed by atoms with Gasteiger partial charge in [-0.15, -0.1) is 0 Å². The second-order valence-electron chi connectivity index (χ2n) is 6.33. The molecule has 0 saturated heterocycles. The highest BCUT2D eigenvalue weighted by atomic mass is 31.2. The lowest BCUT2D eigenvalue weighted by Crippen LogP contribution is -2.04. The molecule has 4 aromatic carbocycles. The number of phosphoric acid groups is 1. The third kappa shape index (κ3) is 4.68. The summed E-state index contributed by atoms with van der Waals surface area (Å²) in [4.78, 5) is 0. The van der Waals surface area contributed by atoms with Crippen molar-refractivity contribution in [1.29, 1.82) is 0 Å². The summed E-state index contributed by atoms with van der Waals surface area (Å²) in [6.07, 6.45) is 0. The van der Waals surface area contributed by atoms with E-state index in [-0.39, 0.29) is 5.76 Å². The minimum atomic E-state index is -4.04. The fourth-order valence-corrected chi connectivity index (χ4v) is 4.07. The van der Waals surface area contributed by atoms with Crippen LogP contribution >= 0.6 is 7.82 Å². The van der Waals surface area contributed by atoms with Gasteiger partial charge in [0.2, 0.25) is 0 Å². The van der Waals surface area contributed by atoms with Crippen LogP contribution in [0.25, 0.3) is 16.5 Å². The minimum absolute atomic E-state index is 0.200. The Kier molecular flexibility index (Phi) is 5.37. The predicted octanol–water partition coefficient (Wildman–Crippen LogP) is 7.09. The van der Waals surface area contributed by atoms with Gasteiger partial charge < -0.3 is 13.6 Å². The molecule has 0 amide bonds. The molecule has 0 saturated carbocycles. The van der Waals surface area contributed by atoms with Gasteiger partial charge in [-0.1, -0.05) is 79.4 Å². The Morgan fingerprint density at radius 1 is 0.655 bits per heavy atom. The zero-order valence-corrected chi connectivity index (χ0v) is 16.5. The van der Waals surface area contributed by atoms with Crippen LogP contribution in [0.5, 0.6) is 11.5 Å². The fraction of sp³-hybridized carbons (Fsp3) is 0. The van der Waals surface area contributed by atoms with Gasteiger partial charge >= 0.3 is 7.82 Å². The van der Waals surface area contributed by atoms with Crippen LogP contribution in [0.1, 0.15) is 5.56 Å². The zero-order chi connectivity index (χ0) is 20.1. The van der Waals surface area contributed by atoms with E-state index < -0.39 is 7.82 Å². The molecular weight excluding hydrogens is 383 g/mol. The molecule has 4 rings (SSSR count). The Balaban J connectivity index is 1.62. The van der Waals surface area contributed by atoms with Gasteiger partial charge in [-0.2, -0.15) is 4.57 Å². The molecule has 0 radical (unpaired) electrons. The van der Waals surface area contributed by atoms with Crippen molar-refractivity contribution >= 4 is 24.4 Å². The lowest BCUT2D eigenvalue weighted by Gasteiger charge is -2.20. The summed E-state index contributed by atoms with van der Waals surface area (Å²) < 4.78 is 30.4. The average Bonchev–Trinajstić information content (AvgIpc) is 2.74. The van der Waals surface area contributed by atoms with Gasteiger partial charge in [-0.25, -0.2) is 0 Å². The summed E-state index contributed by atoms with van der Waals surface area (Å²) in [5, 5.41) is 2.12. The highest BCUT2D eigenvalue weighted by Gasteiger charge is 2.33. The van der Waals surface area contributed by atoms with Gasteiger partial charge in [0.05, 0.1) is 0 Å². The maximum atomic E-state index is 13.5.